The summed E-state index contributed by atoms with van der Waals surface area (Å²) in [5.74, 6) is 0.256. The van der Waals surface area contributed by atoms with Gasteiger partial charge in [-0.25, -0.2) is 0 Å². The van der Waals surface area contributed by atoms with Crippen molar-refractivity contribution in [3.63, 3.8) is 0 Å². The Bertz CT molecular complexity index is 711. The Morgan fingerprint density at radius 2 is 1.39 bits per heavy atom. The zero-order valence-electron chi connectivity index (χ0n) is 12.6. The minimum absolute atomic E-state index is 0.138. The molecule has 0 fully saturated rings. The van der Waals surface area contributed by atoms with E-state index in [4.69, 9.17) is 8.92 Å². The van der Waals surface area contributed by atoms with E-state index in [2.05, 4.69) is 0 Å². The van der Waals surface area contributed by atoms with E-state index in [1.807, 2.05) is 6.07 Å². The number of ether oxygens (including phenoxy) is 1. The molecule has 0 saturated carbocycles. The third-order valence-electron chi connectivity index (χ3n) is 2.97. The second-order valence-electron chi connectivity index (χ2n) is 4.90. The average Bonchev–Trinajstić information content (AvgIpc) is 2.53. The number of carbonyl (C=O) groups is 1. The summed E-state index contributed by atoms with van der Waals surface area (Å²) in [5.41, 5.74) is 0. The van der Waals surface area contributed by atoms with Gasteiger partial charge >= 0.3 is 16.1 Å². The van der Waals surface area contributed by atoms with Crippen molar-refractivity contribution in [2.75, 3.05) is 5.75 Å². The molecule has 0 unspecified atom stereocenters. The molecule has 0 aliphatic heterocycles. The highest BCUT2D eigenvalue weighted by molar-refractivity contribution is 7.87. The first kappa shape index (κ1) is 17.0. The van der Waals surface area contributed by atoms with Gasteiger partial charge in [-0.3, -0.25) is 4.79 Å². The van der Waals surface area contributed by atoms with E-state index in [1.165, 1.54) is 0 Å². The molecule has 23 heavy (non-hydrogen) atoms. The van der Waals surface area contributed by atoms with Crippen LogP contribution in [-0.4, -0.2) is 20.1 Å². The van der Waals surface area contributed by atoms with Crippen molar-refractivity contribution in [1.82, 2.24) is 0 Å². The van der Waals surface area contributed by atoms with E-state index in [9.17, 15) is 13.2 Å². The number of carbonyl (C=O) groups excluding carboxylic acids is 1. The van der Waals surface area contributed by atoms with Crippen LogP contribution >= 0.6 is 0 Å². The number of unbranched alkanes of at least 4 members (excludes halogenated alkanes) is 1. The number of hydrogen-bond acceptors (Lipinski definition) is 5. The van der Waals surface area contributed by atoms with E-state index in [1.54, 1.807) is 54.6 Å². The molecule has 6 heteroatoms. The molecule has 0 radical (unpaired) electrons. The van der Waals surface area contributed by atoms with Crippen LogP contribution in [0.4, 0.5) is 0 Å². The van der Waals surface area contributed by atoms with Gasteiger partial charge in [0.25, 0.3) is 0 Å². The summed E-state index contributed by atoms with van der Waals surface area (Å²) in [4.78, 5) is 11.6. The maximum Gasteiger partial charge on any atom is 0.311 e. The zero-order valence-corrected chi connectivity index (χ0v) is 13.4. The van der Waals surface area contributed by atoms with Crippen molar-refractivity contribution in [3.05, 3.63) is 60.7 Å². The van der Waals surface area contributed by atoms with E-state index < -0.39 is 10.1 Å². The molecule has 122 valence electrons. The molecule has 0 aliphatic rings. The van der Waals surface area contributed by atoms with E-state index in [0.717, 1.165) is 0 Å². The van der Waals surface area contributed by atoms with Gasteiger partial charge in [0.05, 0.1) is 5.75 Å². The van der Waals surface area contributed by atoms with Gasteiger partial charge in [-0.1, -0.05) is 36.4 Å². The van der Waals surface area contributed by atoms with Crippen LogP contribution in [0.3, 0.4) is 0 Å². The predicted octanol–water partition coefficient (Wildman–Crippen LogP) is 3.17. The Morgan fingerprint density at radius 3 is 2.00 bits per heavy atom. The largest absolute Gasteiger partial charge is 0.427 e. The van der Waals surface area contributed by atoms with Crippen molar-refractivity contribution in [1.29, 1.82) is 0 Å². The summed E-state index contributed by atoms with van der Waals surface area (Å²) >= 11 is 0. The van der Waals surface area contributed by atoms with Crippen molar-refractivity contribution in [2.45, 2.75) is 19.3 Å². The summed E-state index contributed by atoms with van der Waals surface area (Å²) < 4.78 is 33.7. The van der Waals surface area contributed by atoms with Crippen LogP contribution in [0.15, 0.2) is 60.7 Å². The van der Waals surface area contributed by atoms with Crippen LogP contribution in [0.2, 0.25) is 0 Å². The van der Waals surface area contributed by atoms with Crippen LogP contribution in [0.25, 0.3) is 0 Å². The molecule has 0 bridgehead atoms. The molecular weight excluding hydrogens is 316 g/mol. The minimum Gasteiger partial charge on any atom is -0.427 e. The number of esters is 1. The Morgan fingerprint density at radius 1 is 0.826 bits per heavy atom. The molecule has 0 spiro atoms. The van der Waals surface area contributed by atoms with Crippen molar-refractivity contribution >= 4 is 16.1 Å². The molecule has 0 N–H and O–H groups in total. The van der Waals surface area contributed by atoms with Gasteiger partial charge < -0.3 is 8.92 Å². The second-order valence-corrected chi connectivity index (χ2v) is 6.59. The molecule has 2 aromatic carbocycles. The van der Waals surface area contributed by atoms with Gasteiger partial charge in [0.2, 0.25) is 0 Å². The summed E-state index contributed by atoms with van der Waals surface area (Å²) in [7, 11) is -3.64. The van der Waals surface area contributed by atoms with Gasteiger partial charge in [0, 0.05) is 6.42 Å². The van der Waals surface area contributed by atoms with Crippen molar-refractivity contribution < 1.29 is 22.1 Å². The van der Waals surface area contributed by atoms with Gasteiger partial charge in [-0.2, -0.15) is 8.42 Å². The molecule has 0 heterocycles. The fraction of sp³-hybridized carbons (Fsp3) is 0.235. The number of benzene rings is 2. The highest BCUT2D eigenvalue weighted by Gasteiger charge is 2.13. The smallest absolute Gasteiger partial charge is 0.311 e. The van der Waals surface area contributed by atoms with Crippen molar-refractivity contribution in [2.24, 2.45) is 0 Å². The summed E-state index contributed by atoms with van der Waals surface area (Å²) in [6.45, 7) is 0. The molecule has 2 aromatic rings. The molecule has 0 aromatic heterocycles. The monoisotopic (exact) mass is 334 g/mol. The number of rotatable bonds is 8. The first-order chi connectivity index (χ1) is 11.1. The molecule has 0 amide bonds. The maximum absolute atomic E-state index is 11.8. The highest BCUT2D eigenvalue weighted by Crippen LogP contribution is 2.14. The van der Waals surface area contributed by atoms with Gasteiger partial charge in [0.1, 0.15) is 11.5 Å². The Kier molecular flexibility index (Phi) is 6.17. The van der Waals surface area contributed by atoms with Crippen molar-refractivity contribution in [3.8, 4) is 11.5 Å². The molecule has 2 rings (SSSR count). The Hall–Kier alpha value is -2.34. The van der Waals surface area contributed by atoms with Gasteiger partial charge in [0.15, 0.2) is 0 Å². The summed E-state index contributed by atoms with van der Waals surface area (Å²) in [6.07, 6.45) is 0.915. The molecule has 0 saturated heterocycles. The molecule has 0 aliphatic carbocycles. The lowest BCUT2D eigenvalue weighted by Crippen LogP contribution is -2.14. The Labute approximate surface area is 136 Å². The molecule has 0 atom stereocenters. The van der Waals surface area contributed by atoms with E-state index in [-0.39, 0.29) is 23.9 Å². The number of hydrogen-bond donors (Lipinski definition) is 0. The summed E-state index contributed by atoms with van der Waals surface area (Å²) in [6, 6.07) is 17.1. The lowest BCUT2D eigenvalue weighted by molar-refractivity contribution is -0.134. The van der Waals surface area contributed by atoms with Crippen LogP contribution in [-0.2, 0) is 14.9 Å². The standard InChI is InChI=1S/C17H18O5S/c18-17(21-15-9-3-1-4-10-15)13-7-8-14-23(19,20)22-16-11-5-2-6-12-16/h1-6,9-12H,7-8,13-14H2. The third-order valence-corrected chi connectivity index (χ3v) is 4.20. The van der Waals surface area contributed by atoms with Gasteiger partial charge in [-0.15, -0.1) is 0 Å². The zero-order chi connectivity index (χ0) is 16.5. The lowest BCUT2D eigenvalue weighted by Gasteiger charge is -2.07. The average molecular weight is 334 g/mol. The van der Waals surface area contributed by atoms with Crippen LogP contribution < -0.4 is 8.92 Å². The van der Waals surface area contributed by atoms with E-state index in [0.29, 0.717) is 18.6 Å². The highest BCUT2D eigenvalue weighted by atomic mass is 32.2. The normalized spacial score (nSPS) is 11.0. The van der Waals surface area contributed by atoms with Gasteiger partial charge in [-0.05, 0) is 37.1 Å². The fourth-order valence-electron chi connectivity index (χ4n) is 1.88. The SMILES string of the molecule is O=C(CCCCS(=O)(=O)Oc1ccccc1)Oc1ccccc1. The predicted molar refractivity (Wildman–Crippen MR) is 86.8 cm³/mol. The minimum atomic E-state index is -3.64. The molecular formula is C17H18O5S. The molecule has 5 nitrogen and oxygen atoms in total. The Balaban J connectivity index is 1.69. The lowest BCUT2D eigenvalue weighted by atomic mass is 10.2. The first-order valence-corrected chi connectivity index (χ1v) is 8.86. The second kappa shape index (κ2) is 8.33. The first-order valence-electron chi connectivity index (χ1n) is 7.28. The quantitative estimate of drug-likeness (QED) is 0.321. The van der Waals surface area contributed by atoms with E-state index >= 15 is 0 Å². The van der Waals surface area contributed by atoms with Crippen LogP contribution in [0, 0.1) is 0 Å². The summed E-state index contributed by atoms with van der Waals surface area (Å²) in [5, 5.41) is 0. The fourth-order valence-corrected chi connectivity index (χ4v) is 2.93. The number of para-hydroxylation sites is 2. The third kappa shape index (κ3) is 6.52. The van der Waals surface area contributed by atoms with Crippen LogP contribution in [0.5, 0.6) is 11.5 Å². The topological polar surface area (TPSA) is 69.7 Å². The van der Waals surface area contributed by atoms with Crippen LogP contribution in [0.1, 0.15) is 19.3 Å². The maximum atomic E-state index is 11.8.